The predicted molar refractivity (Wildman–Crippen MR) is 123 cm³/mol. The molecule has 162 valence electrons. The predicted octanol–water partition coefficient (Wildman–Crippen LogP) is 3.20. The third kappa shape index (κ3) is 3.73. The van der Waals surface area contributed by atoms with Crippen LogP contribution in [-0.4, -0.2) is 55.5 Å². The monoisotopic (exact) mass is 418 g/mol. The van der Waals surface area contributed by atoms with Gasteiger partial charge in [0.15, 0.2) is 5.65 Å². The zero-order chi connectivity index (χ0) is 21.5. The lowest BCUT2D eigenvalue weighted by atomic mass is 9.88. The number of likely N-dealkylation sites (tertiary alicyclic amines) is 1. The highest BCUT2D eigenvalue weighted by Gasteiger charge is 2.22. The number of H-pyrrole nitrogens is 1. The van der Waals surface area contributed by atoms with Crippen molar-refractivity contribution in [1.29, 1.82) is 0 Å². The summed E-state index contributed by atoms with van der Waals surface area (Å²) in [6.45, 7) is 6.81. The number of aromatic nitrogens is 4. The highest BCUT2D eigenvalue weighted by Crippen LogP contribution is 2.35. The molecule has 0 aliphatic carbocycles. The van der Waals surface area contributed by atoms with Gasteiger partial charge in [0.2, 0.25) is 0 Å². The fraction of sp³-hybridized carbons (Fsp3) is 0.417. The molecule has 1 aromatic carbocycles. The first-order valence-corrected chi connectivity index (χ1v) is 11.1. The Morgan fingerprint density at radius 3 is 2.81 bits per heavy atom. The maximum absolute atomic E-state index is 9.45. The summed E-state index contributed by atoms with van der Waals surface area (Å²) in [5.41, 5.74) is 13.8. The molecule has 31 heavy (non-hydrogen) atoms. The second-order valence-corrected chi connectivity index (χ2v) is 8.72. The van der Waals surface area contributed by atoms with Gasteiger partial charge in [0.05, 0.1) is 5.69 Å². The third-order valence-electron chi connectivity index (χ3n) is 6.64. The van der Waals surface area contributed by atoms with Gasteiger partial charge >= 0.3 is 0 Å². The average Bonchev–Trinajstić information content (AvgIpc) is 3.38. The van der Waals surface area contributed by atoms with Crippen molar-refractivity contribution in [1.82, 2.24) is 24.5 Å². The fourth-order valence-corrected chi connectivity index (χ4v) is 5.08. The molecule has 1 unspecified atom stereocenters. The van der Waals surface area contributed by atoms with E-state index in [-0.39, 0.29) is 0 Å². The molecule has 1 aliphatic rings. The van der Waals surface area contributed by atoms with E-state index < -0.39 is 6.23 Å². The van der Waals surface area contributed by atoms with Crippen molar-refractivity contribution in [2.24, 2.45) is 5.73 Å². The number of hydrogen-bond acceptors (Lipinski definition) is 5. The number of pyridine rings is 1. The zero-order valence-corrected chi connectivity index (χ0v) is 18.2. The van der Waals surface area contributed by atoms with Crippen LogP contribution in [0.1, 0.15) is 42.4 Å². The molecule has 0 amide bonds. The summed E-state index contributed by atoms with van der Waals surface area (Å²) in [4.78, 5) is 10.3. The van der Waals surface area contributed by atoms with E-state index in [1.807, 2.05) is 4.52 Å². The number of aliphatic hydroxyl groups excluding tert-OH is 1. The fourth-order valence-electron chi connectivity index (χ4n) is 5.08. The highest BCUT2D eigenvalue weighted by atomic mass is 16.3. The van der Waals surface area contributed by atoms with Crippen molar-refractivity contribution in [2.75, 3.05) is 19.6 Å². The van der Waals surface area contributed by atoms with Crippen LogP contribution >= 0.6 is 0 Å². The summed E-state index contributed by atoms with van der Waals surface area (Å²) in [7, 11) is 0. The van der Waals surface area contributed by atoms with E-state index in [0.29, 0.717) is 12.5 Å². The minimum atomic E-state index is -0.751. The molecule has 4 heterocycles. The van der Waals surface area contributed by atoms with Crippen molar-refractivity contribution in [2.45, 2.75) is 45.3 Å². The lowest BCUT2D eigenvalue weighted by Gasteiger charge is -2.32. The molecule has 4 N–H and O–H groups in total. The molecule has 1 fully saturated rings. The van der Waals surface area contributed by atoms with Gasteiger partial charge < -0.3 is 15.8 Å². The Labute approximate surface area is 181 Å². The Balaban J connectivity index is 1.48. The van der Waals surface area contributed by atoms with Crippen LogP contribution in [0.3, 0.4) is 0 Å². The summed E-state index contributed by atoms with van der Waals surface area (Å²) in [6, 6.07) is 9.07. The molecule has 4 aromatic rings. The first kappa shape index (κ1) is 20.2. The molecular weight excluding hydrogens is 388 g/mol. The molecular formula is C24H30N6O. The second-order valence-electron chi connectivity index (χ2n) is 8.72. The van der Waals surface area contributed by atoms with Crippen LogP contribution in [-0.2, 0) is 6.42 Å². The Morgan fingerprint density at radius 2 is 2.06 bits per heavy atom. The summed E-state index contributed by atoms with van der Waals surface area (Å²) < 4.78 is 1.85. The second kappa shape index (κ2) is 8.07. The number of piperidine rings is 1. The SMILES string of the molecule is CCc1c(-c2cc(C)c3ncnn3c2)[nH]c2ccc(C3CCN(CC(N)O)CC3)cc12. The molecule has 1 atom stereocenters. The van der Waals surface area contributed by atoms with Gasteiger partial charge in [-0.3, -0.25) is 4.90 Å². The molecule has 0 radical (unpaired) electrons. The van der Waals surface area contributed by atoms with Gasteiger partial charge in [-0.1, -0.05) is 13.0 Å². The van der Waals surface area contributed by atoms with Gasteiger partial charge in [0.25, 0.3) is 0 Å². The quantitative estimate of drug-likeness (QED) is 0.433. The van der Waals surface area contributed by atoms with Crippen LogP contribution < -0.4 is 5.73 Å². The minimum Gasteiger partial charge on any atom is -0.377 e. The van der Waals surface area contributed by atoms with Crippen molar-refractivity contribution in [3.8, 4) is 11.3 Å². The number of fused-ring (bicyclic) bond motifs is 2. The molecule has 7 nitrogen and oxygen atoms in total. The number of rotatable bonds is 5. The van der Waals surface area contributed by atoms with Crippen LogP contribution in [0.25, 0.3) is 27.8 Å². The summed E-state index contributed by atoms with van der Waals surface area (Å²) in [5.74, 6) is 0.548. The van der Waals surface area contributed by atoms with Crippen LogP contribution in [0.4, 0.5) is 0 Å². The van der Waals surface area contributed by atoms with Crippen molar-refractivity contribution < 1.29 is 5.11 Å². The summed E-state index contributed by atoms with van der Waals surface area (Å²) >= 11 is 0. The van der Waals surface area contributed by atoms with Crippen molar-refractivity contribution in [3.05, 3.63) is 53.5 Å². The number of nitrogens with one attached hydrogen (secondary N) is 1. The molecule has 0 bridgehead atoms. The summed E-state index contributed by atoms with van der Waals surface area (Å²) in [5, 5.41) is 15.1. The standard InChI is InChI=1S/C24H30N6O/c1-3-19-20-11-17(16-6-8-29(9-7-16)13-22(25)31)4-5-21(20)28-23(19)18-10-15(2)24-26-14-27-30(24)12-18/h4-5,10-12,14,16,22,28,31H,3,6-9,13,25H2,1-2H3. The number of hydrogen-bond donors (Lipinski definition) is 3. The van der Waals surface area contributed by atoms with E-state index in [2.05, 4.69) is 64.3 Å². The maximum Gasteiger partial charge on any atom is 0.158 e. The van der Waals surface area contributed by atoms with Gasteiger partial charge in [0.1, 0.15) is 12.6 Å². The number of aliphatic hydroxyl groups is 1. The maximum atomic E-state index is 9.45. The van der Waals surface area contributed by atoms with Gasteiger partial charge in [-0.2, -0.15) is 5.10 Å². The van der Waals surface area contributed by atoms with Crippen LogP contribution in [0.15, 0.2) is 36.8 Å². The molecule has 7 heteroatoms. The van der Waals surface area contributed by atoms with E-state index in [0.717, 1.165) is 49.1 Å². The molecule has 0 spiro atoms. The van der Waals surface area contributed by atoms with Gasteiger partial charge in [-0.05, 0) is 80.1 Å². The van der Waals surface area contributed by atoms with Crippen LogP contribution in [0.5, 0.6) is 0 Å². The minimum absolute atomic E-state index is 0.548. The number of aromatic amines is 1. The van der Waals surface area contributed by atoms with Gasteiger partial charge in [-0.15, -0.1) is 0 Å². The largest absolute Gasteiger partial charge is 0.377 e. The first-order valence-electron chi connectivity index (χ1n) is 11.1. The Morgan fingerprint density at radius 1 is 1.26 bits per heavy atom. The normalized spacial score (nSPS) is 17.0. The van der Waals surface area contributed by atoms with Crippen LogP contribution in [0, 0.1) is 6.92 Å². The number of nitrogens with zero attached hydrogens (tertiary/aromatic N) is 4. The molecule has 3 aromatic heterocycles. The zero-order valence-electron chi connectivity index (χ0n) is 18.2. The van der Waals surface area contributed by atoms with Crippen molar-refractivity contribution in [3.63, 3.8) is 0 Å². The number of nitrogens with two attached hydrogens (primary N) is 1. The molecule has 1 aliphatic heterocycles. The van der Waals surface area contributed by atoms with E-state index >= 15 is 0 Å². The summed E-state index contributed by atoms with van der Waals surface area (Å²) in [6.07, 6.45) is 6.06. The van der Waals surface area contributed by atoms with E-state index in [1.165, 1.54) is 27.7 Å². The van der Waals surface area contributed by atoms with E-state index in [1.54, 1.807) is 6.33 Å². The smallest absolute Gasteiger partial charge is 0.158 e. The molecule has 0 saturated carbocycles. The average molecular weight is 419 g/mol. The van der Waals surface area contributed by atoms with Gasteiger partial charge in [0, 0.05) is 29.2 Å². The lowest BCUT2D eigenvalue weighted by Crippen LogP contribution is -2.41. The highest BCUT2D eigenvalue weighted by molar-refractivity contribution is 5.91. The number of β-amino-alcohol motifs (C(OH)–C–C–N with tert-alkyl or cyclic N) is 1. The number of benzene rings is 1. The number of aryl methyl sites for hydroxylation is 2. The van der Waals surface area contributed by atoms with E-state index in [9.17, 15) is 5.11 Å². The Hall–Kier alpha value is -2.74. The lowest BCUT2D eigenvalue weighted by molar-refractivity contribution is 0.101. The Kier molecular flexibility index (Phi) is 5.25. The third-order valence-corrected chi connectivity index (χ3v) is 6.64. The topological polar surface area (TPSA) is 95.5 Å². The van der Waals surface area contributed by atoms with Crippen molar-refractivity contribution >= 4 is 16.6 Å². The van der Waals surface area contributed by atoms with E-state index in [4.69, 9.17) is 5.73 Å². The van der Waals surface area contributed by atoms with Crippen LogP contribution in [0.2, 0.25) is 0 Å². The Bertz CT molecular complexity index is 1220. The van der Waals surface area contributed by atoms with Gasteiger partial charge in [-0.25, -0.2) is 9.50 Å². The molecule has 5 rings (SSSR count). The molecule has 1 saturated heterocycles. The first-order chi connectivity index (χ1) is 15.0.